The molecule has 1 aromatic carbocycles. The topological polar surface area (TPSA) is 79.4 Å². The molecule has 1 N–H and O–H groups in total. The Morgan fingerprint density at radius 3 is 2.68 bits per heavy atom. The van der Waals surface area contributed by atoms with Crippen molar-refractivity contribution in [3.8, 4) is 0 Å². The average Bonchev–Trinajstić information content (AvgIpc) is 2.99. The second-order valence-electron chi connectivity index (χ2n) is 8.01. The van der Waals surface area contributed by atoms with Gasteiger partial charge in [0.2, 0.25) is 0 Å². The Morgan fingerprint density at radius 2 is 2.00 bits per heavy atom. The van der Waals surface area contributed by atoms with Crippen molar-refractivity contribution in [1.82, 2.24) is 9.88 Å². The number of carbonyl (C=O) groups excluding carboxylic acids is 1. The summed E-state index contributed by atoms with van der Waals surface area (Å²) in [5.41, 5.74) is 1.99. The van der Waals surface area contributed by atoms with E-state index in [-0.39, 0.29) is 11.7 Å². The molecular weight excluding hydrogens is 394 g/mol. The predicted molar refractivity (Wildman–Crippen MR) is 113 cm³/mol. The highest BCUT2D eigenvalue weighted by molar-refractivity contribution is 7.89. The Balaban J connectivity index is 1.62. The van der Waals surface area contributed by atoms with Gasteiger partial charge in [0.25, 0.3) is 5.91 Å². The number of piperidine rings is 1. The number of nitrogens with zero attached hydrogens (tertiary/aromatic N) is 2. The third kappa shape index (κ3) is 6.12. The number of carbonyl (C=O) groups is 1. The fourth-order valence-electron chi connectivity index (χ4n) is 3.86. The summed E-state index contributed by atoms with van der Waals surface area (Å²) in [7, 11) is -3.14. The summed E-state index contributed by atoms with van der Waals surface area (Å²) < 4.78 is 22.9. The number of amides is 1. The van der Waals surface area contributed by atoms with Crippen molar-refractivity contribution in [2.45, 2.75) is 32.6 Å². The number of anilines is 1. The van der Waals surface area contributed by atoms with Gasteiger partial charge in [-0.05, 0) is 36.0 Å². The molecule has 1 amide bonds. The molecule has 2 unspecified atom stereocenters. The van der Waals surface area contributed by atoms with Gasteiger partial charge in [-0.15, -0.1) is 11.3 Å². The summed E-state index contributed by atoms with van der Waals surface area (Å²) >= 11 is 1.41. The minimum atomic E-state index is -3.14. The number of hydrogen-bond donors (Lipinski definition) is 1. The van der Waals surface area contributed by atoms with Gasteiger partial charge in [-0.2, -0.15) is 0 Å². The van der Waals surface area contributed by atoms with Gasteiger partial charge >= 0.3 is 0 Å². The first-order chi connectivity index (χ1) is 13.2. The average molecular weight is 422 g/mol. The highest BCUT2D eigenvalue weighted by Crippen LogP contribution is 2.24. The van der Waals surface area contributed by atoms with Crippen LogP contribution in [-0.2, 0) is 22.1 Å². The molecule has 2 atom stereocenters. The highest BCUT2D eigenvalue weighted by atomic mass is 32.2. The molecule has 0 aliphatic carbocycles. The number of hydrogen-bond acceptors (Lipinski definition) is 6. The molecule has 1 aliphatic heterocycles. The van der Waals surface area contributed by atoms with Gasteiger partial charge in [-0.3, -0.25) is 15.0 Å². The maximum atomic E-state index is 12.5. The van der Waals surface area contributed by atoms with Crippen LogP contribution in [0.1, 0.15) is 41.9 Å². The number of benzene rings is 1. The van der Waals surface area contributed by atoms with Crippen LogP contribution in [0.15, 0.2) is 29.6 Å². The second-order valence-corrected chi connectivity index (χ2v) is 11.0. The molecule has 1 saturated heterocycles. The lowest BCUT2D eigenvalue weighted by Crippen LogP contribution is -2.38. The molecule has 0 spiro atoms. The minimum Gasteiger partial charge on any atom is -0.298 e. The van der Waals surface area contributed by atoms with Crippen LogP contribution in [0.2, 0.25) is 0 Å². The fraction of sp³-hybridized carbons (Fsp3) is 0.500. The summed E-state index contributed by atoms with van der Waals surface area (Å²) in [5.74, 6) is 1.03. The normalized spacial score (nSPS) is 20.8. The number of rotatable bonds is 6. The van der Waals surface area contributed by atoms with E-state index in [1.54, 1.807) is 24.3 Å². The Morgan fingerprint density at radius 1 is 1.29 bits per heavy atom. The number of aromatic nitrogens is 1. The first-order valence-electron chi connectivity index (χ1n) is 9.42. The quantitative estimate of drug-likeness (QED) is 0.773. The zero-order valence-electron chi connectivity index (χ0n) is 16.5. The van der Waals surface area contributed by atoms with Crippen molar-refractivity contribution in [3.05, 3.63) is 46.5 Å². The molecule has 0 saturated carbocycles. The van der Waals surface area contributed by atoms with Crippen LogP contribution in [-0.4, -0.2) is 43.6 Å². The number of nitrogens with one attached hydrogen (secondary N) is 1. The van der Waals surface area contributed by atoms with Crippen LogP contribution < -0.4 is 5.32 Å². The van der Waals surface area contributed by atoms with E-state index in [2.05, 4.69) is 29.0 Å². The Kier molecular flexibility index (Phi) is 6.52. The first-order valence-corrected chi connectivity index (χ1v) is 12.4. The Hall–Kier alpha value is -1.77. The fourth-order valence-corrected chi connectivity index (χ4v) is 5.34. The molecule has 2 heterocycles. The summed E-state index contributed by atoms with van der Waals surface area (Å²) in [6.45, 7) is 7.53. The van der Waals surface area contributed by atoms with E-state index in [0.717, 1.165) is 25.3 Å². The van der Waals surface area contributed by atoms with E-state index in [1.165, 1.54) is 24.0 Å². The smallest absolute Gasteiger partial charge is 0.257 e. The lowest BCUT2D eigenvalue weighted by molar-refractivity contribution is 0.102. The molecular formula is C20H27N3O3S2. The van der Waals surface area contributed by atoms with Crippen LogP contribution in [0.3, 0.4) is 0 Å². The molecule has 3 rings (SSSR count). The van der Waals surface area contributed by atoms with Crippen LogP contribution in [0.25, 0.3) is 0 Å². The van der Waals surface area contributed by atoms with Crippen molar-refractivity contribution in [1.29, 1.82) is 0 Å². The van der Waals surface area contributed by atoms with E-state index < -0.39 is 9.84 Å². The standard InChI is InChI=1S/C20H27N3O3S2/c1-14-7-15(2)10-23(9-14)11-18-12-27-20(21-18)22-19(24)17-6-4-5-16(8-17)13-28(3,25)26/h4-6,8,12,14-15H,7,9-11,13H2,1-3H3,(H,21,22,24). The van der Waals surface area contributed by atoms with E-state index in [9.17, 15) is 13.2 Å². The van der Waals surface area contributed by atoms with Crippen LogP contribution in [0.4, 0.5) is 5.13 Å². The van der Waals surface area contributed by atoms with E-state index >= 15 is 0 Å². The molecule has 152 valence electrons. The summed E-state index contributed by atoms with van der Waals surface area (Å²) in [6.07, 6.45) is 2.45. The Bertz CT molecular complexity index is 930. The van der Waals surface area contributed by atoms with Gasteiger partial charge in [0.15, 0.2) is 15.0 Å². The Labute approximate surface area is 170 Å². The summed E-state index contributed by atoms with van der Waals surface area (Å²) in [4.78, 5) is 19.5. The van der Waals surface area contributed by atoms with Crippen molar-refractivity contribution in [3.63, 3.8) is 0 Å². The molecule has 0 radical (unpaired) electrons. The molecule has 8 heteroatoms. The van der Waals surface area contributed by atoms with Gasteiger partial charge < -0.3 is 0 Å². The van der Waals surface area contributed by atoms with Gasteiger partial charge in [-0.1, -0.05) is 26.0 Å². The molecule has 2 aromatic rings. The SMILES string of the molecule is CC1CC(C)CN(Cc2csc(NC(=O)c3cccc(CS(C)(=O)=O)c3)n2)C1. The molecule has 0 bridgehead atoms. The molecule has 1 aromatic heterocycles. The number of thiazole rings is 1. The van der Waals surface area contributed by atoms with Crippen LogP contribution in [0, 0.1) is 11.8 Å². The van der Waals surface area contributed by atoms with Gasteiger partial charge in [0.05, 0.1) is 11.4 Å². The van der Waals surface area contributed by atoms with Crippen LogP contribution >= 0.6 is 11.3 Å². The van der Waals surface area contributed by atoms with Crippen LogP contribution in [0.5, 0.6) is 0 Å². The molecule has 28 heavy (non-hydrogen) atoms. The third-order valence-electron chi connectivity index (χ3n) is 4.72. The maximum Gasteiger partial charge on any atom is 0.257 e. The molecule has 1 aliphatic rings. The number of sulfone groups is 1. The largest absolute Gasteiger partial charge is 0.298 e. The minimum absolute atomic E-state index is 0.0812. The molecule has 6 nitrogen and oxygen atoms in total. The van der Waals surface area contributed by atoms with E-state index in [0.29, 0.717) is 28.1 Å². The predicted octanol–water partition coefficient (Wildman–Crippen LogP) is 3.42. The zero-order valence-corrected chi connectivity index (χ0v) is 18.1. The first kappa shape index (κ1) is 21.0. The lowest BCUT2D eigenvalue weighted by Gasteiger charge is -2.34. The van der Waals surface area contributed by atoms with Gasteiger partial charge in [0, 0.05) is 36.8 Å². The van der Waals surface area contributed by atoms with Gasteiger partial charge in [0.1, 0.15) is 0 Å². The van der Waals surface area contributed by atoms with Gasteiger partial charge in [-0.25, -0.2) is 13.4 Å². The second kappa shape index (κ2) is 8.71. The third-order valence-corrected chi connectivity index (χ3v) is 6.38. The van der Waals surface area contributed by atoms with Crippen molar-refractivity contribution >= 4 is 32.2 Å². The van der Waals surface area contributed by atoms with E-state index in [1.807, 2.05) is 5.38 Å². The zero-order chi connectivity index (χ0) is 20.3. The van der Waals surface area contributed by atoms with Crippen molar-refractivity contribution < 1.29 is 13.2 Å². The monoisotopic (exact) mass is 421 g/mol. The molecule has 1 fully saturated rings. The van der Waals surface area contributed by atoms with Crippen molar-refractivity contribution in [2.24, 2.45) is 11.8 Å². The maximum absolute atomic E-state index is 12.5. The van der Waals surface area contributed by atoms with Crippen molar-refractivity contribution in [2.75, 3.05) is 24.7 Å². The highest BCUT2D eigenvalue weighted by Gasteiger charge is 2.22. The number of likely N-dealkylation sites (tertiary alicyclic amines) is 1. The summed E-state index contributed by atoms with van der Waals surface area (Å²) in [5, 5.41) is 5.37. The lowest BCUT2D eigenvalue weighted by atomic mass is 9.92. The summed E-state index contributed by atoms with van der Waals surface area (Å²) in [6, 6.07) is 6.69. The van der Waals surface area contributed by atoms with E-state index in [4.69, 9.17) is 0 Å².